The second-order valence-electron chi connectivity index (χ2n) is 11.5. The van der Waals surface area contributed by atoms with Crippen LogP contribution in [-0.4, -0.2) is 73.6 Å². The number of Topliss-reactive ketones (excluding diaryl/α,β-unsaturated/α-hetero) is 1. The molecule has 0 saturated carbocycles. The average Bonchev–Trinajstić information content (AvgIpc) is 3.44. The summed E-state index contributed by atoms with van der Waals surface area (Å²) in [6.07, 6.45) is -4.63. The van der Waals surface area contributed by atoms with E-state index in [1.165, 1.54) is 67.3 Å². The number of halogens is 4. The Labute approximate surface area is 269 Å². The zero-order valence-electron chi connectivity index (χ0n) is 25.4. The number of nitrogens with zero attached hydrogens (tertiary/aromatic N) is 1. The third kappa shape index (κ3) is 8.91. The third-order valence-electron chi connectivity index (χ3n) is 7.38. The number of carbonyl (C=O) groups excluding carboxylic acids is 5. The largest absolute Gasteiger partial charge is 0.451 e. The number of alkyl halides is 3. The zero-order chi connectivity index (χ0) is 34.6. The van der Waals surface area contributed by atoms with E-state index in [4.69, 9.17) is 11.6 Å². The Morgan fingerprint density at radius 1 is 0.870 bits per heavy atom. The Kier molecular flexibility index (Phi) is 11.7. The fraction of sp³-hybridized carbons (Fsp3) is 0.433. The van der Waals surface area contributed by atoms with Gasteiger partial charge in [-0.3, -0.25) is 34.2 Å². The van der Waals surface area contributed by atoms with Crippen LogP contribution < -0.4 is 15.4 Å². The van der Waals surface area contributed by atoms with Crippen molar-refractivity contribution in [2.24, 2.45) is 11.8 Å². The summed E-state index contributed by atoms with van der Waals surface area (Å²) in [6.45, 7) is 6.14. The van der Waals surface area contributed by atoms with Crippen molar-refractivity contribution >= 4 is 51.0 Å². The molecule has 3 unspecified atom stereocenters. The topological polar surface area (TPSA) is 159 Å². The molecule has 1 fully saturated rings. The van der Waals surface area contributed by atoms with Crippen LogP contribution in [0.2, 0.25) is 5.02 Å². The van der Waals surface area contributed by atoms with Gasteiger partial charge in [0.1, 0.15) is 6.04 Å². The van der Waals surface area contributed by atoms with Crippen LogP contribution in [0.4, 0.5) is 13.2 Å². The molecule has 0 bridgehead atoms. The quantitative estimate of drug-likeness (QED) is 0.324. The highest BCUT2D eigenvalue weighted by Gasteiger charge is 2.50. The van der Waals surface area contributed by atoms with Crippen LogP contribution in [0.25, 0.3) is 0 Å². The lowest BCUT2D eigenvalue weighted by molar-refractivity contribution is -0.179. The highest BCUT2D eigenvalue weighted by atomic mass is 35.5. The van der Waals surface area contributed by atoms with Gasteiger partial charge in [-0.05, 0) is 79.8 Å². The van der Waals surface area contributed by atoms with Crippen LogP contribution in [-0.2, 0) is 24.4 Å². The van der Waals surface area contributed by atoms with Gasteiger partial charge in [-0.25, -0.2) is 13.1 Å². The van der Waals surface area contributed by atoms with Crippen LogP contribution in [0.5, 0.6) is 0 Å². The minimum Gasteiger partial charge on any atom is -0.340 e. The number of amides is 4. The minimum absolute atomic E-state index is 0.00860. The van der Waals surface area contributed by atoms with Crippen molar-refractivity contribution in [1.82, 2.24) is 20.3 Å². The molecular weight excluding hydrogens is 653 g/mol. The Balaban J connectivity index is 1.67. The van der Waals surface area contributed by atoms with Crippen LogP contribution in [0.3, 0.4) is 0 Å². The van der Waals surface area contributed by atoms with Crippen molar-refractivity contribution in [1.29, 1.82) is 0 Å². The maximum Gasteiger partial charge on any atom is 0.451 e. The maximum absolute atomic E-state index is 13.3. The van der Waals surface area contributed by atoms with E-state index in [0.29, 0.717) is 11.4 Å². The van der Waals surface area contributed by atoms with Crippen LogP contribution in [0.1, 0.15) is 61.3 Å². The molecule has 46 heavy (non-hydrogen) atoms. The molecule has 11 nitrogen and oxygen atoms in total. The second-order valence-corrected chi connectivity index (χ2v) is 13.6. The Morgan fingerprint density at radius 2 is 1.41 bits per heavy atom. The van der Waals surface area contributed by atoms with Gasteiger partial charge in [-0.15, -0.1) is 0 Å². The minimum atomic E-state index is -5.10. The van der Waals surface area contributed by atoms with E-state index >= 15 is 0 Å². The number of hydrogen-bond donors (Lipinski definition) is 3. The molecule has 2 aromatic rings. The molecular formula is C30H34ClF3N4O7S. The third-order valence-corrected chi connectivity index (χ3v) is 8.97. The van der Waals surface area contributed by atoms with Crippen molar-refractivity contribution < 1.29 is 45.6 Å². The molecule has 0 radical (unpaired) electrons. The number of hydrogen-bond acceptors (Lipinski definition) is 8. The van der Waals surface area contributed by atoms with Crippen LogP contribution in [0.15, 0.2) is 53.4 Å². The van der Waals surface area contributed by atoms with Crippen molar-refractivity contribution in [2.45, 2.75) is 69.7 Å². The number of sulfonamides is 1. The predicted octanol–water partition coefficient (Wildman–Crippen LogP) is 3.48. The van der Waals surface area contributed by atoms with E-state index in [0.717, 1.165) is 0 Å². The van der Waals surface area contributed by atoms with Crippen molar-refractivity contribution in [3.63, 3.8) is 0 Å². The molecule has 250 valence electrons. The molecule has 1 saturated heterocycles. The standard InChI is InChI=1S/C30H34ClF3N4O7S/c1-16(2)23(29(43)36-28(42)22-6-5-15-38(22)24(17(3)4)25(39)30(32,33)34)35-26(40)18-7-9-19(10-8-18)27(41)37-46(44,45)21-13-11-20(31)12-14-21/h7-14,16-17,22-24H,5-6,15H2,1-4H3,(H,35,40)(H,37,41)(H,36,42,43). The van der Waals surface area contributed by atoms with Gasteiger partial charge < -0.3 is 5.32 Å². The van der Waals surface area contributed by atoms with E-state index in [1.807, 2.05) is 4.72 Å². The lowest BCUT2D eigenvalue weighted by Gasteiger charge is -2.34. The first-order valence-corrected chi connectivity index (χ1v) is 16.1. The summed E-state index contributed by atoms with van der Waals surface area (Å²) >= 11 is 5.77. The molecule has 0 aliphatic carbocycles. The van der Waals surface area contributed by atoms with E-state index in [-0.39, 0.29) is 29.0 Å². The van der Waals surface area contributed by atoms with Crippen LogP contribution >= 0.6 is 11.6 Å². The Bertz CT molecular complexity index is 1580. The van der Waals surface area contributed by atoms with E-state index < -0.39 is 75.6 Å². The van der Waals surface area contributed by atoms with Gasteiger partial charge in [0.2, 0.25) is 11.8 Å². The summed E-state index contributed by atoms with van der Waals surface area (Å²) < 4.78 is 66.8. The molecule has 1 aliphatic heterocycles. The summed E-state index contributed by atoms with van der Waals surface area (Å²) in [4.78, 5) is 64.9. The number of nitrogens with one attached hydrogen (secondary N) is 3. The lowest BCUT2D eigenvalue weighted by atomic mass is 9.96. The van der Waals surface area contributed by atoms with Gasteiger partial charge >= 0.3 is 6.18 Å². The number of carbonyl (C=O) groups is 5. The SMILES string of the molecule is CC(C)C(NC(=O)c1ccc(C(=O)NS(=O)(=O)c2ccc(Cl)cc2)cc1)C(=O)NC(=O)C1CCCN1C(C(=O)C(F)(F)F)C(C)C. The molecule has 3 N–H and O–H groups in total. The first-order valence-electron chi connectivity index (χ1n) is 14.3. The van der Waals surface area contributed by atoms with Crippen molar-refractivity contribution in [3.05, 3.63) is 64.7 Å². The molecule has 16 heteroatoms. The van der Waals surface area contributed by atoms with E-state index in [2.05, 4.69) is 10.6 Å². The highest BCUT2D eigenvalue weighted by Crippen LogP contribution is 2.30. The van der Waals surface area contributed by atoms with Gasteiger partial charge in [0.15, 0.2) is 0 Å². The summed E-state index contributed by atoms with van der Waals surface area (Å²) in [5, 5.41) is 4.99. The molecule has 2 aromatic carbocycles. The Hall–Kier alpha value is -3.82. The number of likely N-dealkylation sites (tertiary alicyclic amines) is 1. The lowest BCUT2D eigenvalue weighted by Crippen LogP contribution is -2.58. The molecule has 0 aromatic heterocycles. The predicted molar refractivity (Wildman–Crippen MR) is 161 cm³/mol. The summed E-state index contributed by atoms with van der Waals surface area (Å²) in [5.41, 5.74) is -0.0723. The second kappa shape index (κ2) is 14.7. The zero-order valence-corrected chi connectivity index (χ0v) is 26.9. The summed E-state index contributed by atoms with van der Waals surface area (Å²) in [7, 11) is -4.20. The molecule has 3 rings (SSSR count). The van der Waals surface area contributed by atoms with Gasteiger partial charge in [-0.1, -0.05) is 39.3 Å². The highest BCUT2D eigenvalue weighted by molar-refractivity contribution is 7.90. The number of rotatable bonds is 11. The fourth-order valence-corrected chi connectivity index (χ4v) is 6.18. The van der Waals surface area contributed by atoms with Gasteiger partial charge in [0, 0.05) is 16.1 Å². The van der Waals surface area contributed by atoms with Crippen molar-refractivity contribution in [2.75, 3.05) is 6.54 Å². The first-order chi connectivity index (χ1) is 21.3. The molecule has 4 amide bonds. The van der Waals surface area contributed by atoms with Gasteiger partial charge in [0.05, 0.1) is 17.0 Å². The van der Waals surface area contributed by atoms with Crippen LogP contribution in [0, 0.1) is 11.8 Å². The monoisotopic (exact) mass is 686 g/mol. The normalized spacial score (nSPS) is 17.0. The first kappa shape index (κ1) is 36.6. The molecule has 3 atom stereocenters. The van der Waals surface area contributed by atoms with Gasteiger partial charge in [-0.2, -0.15) is 13.2 Å². The number of benzene rings is 2. The average molecular weight is 687 g/mol. The van der Waals surface area contributed by atoms with Gasteiger partial charge in [0.25, 0.3) is 27.6 Å². The maximum atomic E-state index is 13.3. The molecule has 0 spiro atoms. The summed E-state index contributed by atoms with van der Waals surface area (Å²) in [6, 6.07) is 6.03. The summed E-state index contributed by atoms with van der Waals surface area (Å²) in [5.74, 6) is -6.75. The Morgan fingerprint density at radius 3 is 1.91 bits per heavy atom. The van der Waals surface area contributed by atoms with E-state index in [1.54, 1.807) is 13.8 Å². The van der Waals surface area contributed by atoms with E-state index in [9.17, 15) is 45.6 Å². The molecule has 1 heterocycles. The molecule has 1 aliphatic rings. The smallest absolute Gasteiger partial charge is 0.340 e. The van der Waals surface area contributed by atoms with Crippen molar-refractivity contribution in [3.8, 4) is 0 Å². The number of imide groups is 1. The number of ketones is 1. The fourth-order valence-electron chi connectivity index (χ4n) is 5.08.